The molecular formula is C38H51N5O8S. The third-order valence-corrected chi connectivity index (χ3v) is 10.1. The molecule has 0 aliphatic rings. The molecule has 3 aromatic carbocycles. The van der Waals surface area contributed by atoms with Crippen LogP contribution >= 0.6 is 0 Å². The molecule has 0 spiro atoms. The molecule has 0 aliphatic carbocycles. The van der Waals surface area contributed by atoms with Crippen molar-refractivity contribution in [2.75, 3.05) is 19.7 Å². The van der Waals surface area contributed by atoms with Crippen molar-refractivity contribution in [2.24, 2.45) is 5.73 Å². The van der Waals surface area contributed by atoms with Gasteiger partial charge in [0, 0.05) is 19.5 Å². The van der Waals surface area contributed by atoms with Gasteiger partial charge >= 0.3 is 6.09 Å². The highest BCUT2D eigenvalue weighted by Crippen LogP contribution is 2.16. The Morgan fingerprint density at radius 2 is 1.44 bits per heavy atom. The zero-order chi connectivity index (χ0) is 38.0. The molecule has 0 bridgehead atoms. The Bertz CT molecular complexity index is 1690. The lowest BCUT2D eigenvalue weighted by molar-refractivity contribution is -0.138. The maximum absolute atomic E-state index is 13.6. The monoisotopic (exact) mass is 737 g/mol. The van der Waals surface area contributed by atoms with Gasteiger partial charge in [0.2, 0.25) is 21.8 Å². The summed E-state index contributed by atoms with van der Waals surface area (Å²) in [5.41, 5.74) is 6.97. The van der Waals surface area contributed by atoms with Gasteiger partial charge in [0.15, 0.2) is 11.3 Å². The largest absolute Gasteiger partial charge is 0.445 e. The number of ether oxygens (including phenoxy) is 1. The van der Waals surface area contributed by atoms with Crippen LogP contribution in [0.15, 0.2) is 89.8 Å². The third-order valence-electron chi connectivity index (χ3n) is 8.59. The van der Waals surface area contributed by atoms with Crippen LogP contribution in [0.2, 0.25) is 0 Å². The number of aryl methyl sites for hydroxylation is 1. The minimum Gasteiger partial charge on any atom is -0.445 e. The number of unbranched alkanes of at least 4 members (excludes halogenated alkanes) is 2. The quantitative estimate of drug-likeness (QED) is 0.0661. The number of ketones is 1. The smallest absolute Gasteiger partial charge is 0.407 e. The Morgan fingerprint density at radius 1 is 0.827 bits per heavy atom. The number of hydrogen-bond donors (Lipinski definition) is 6. The second-order valence-corrected chi connectivity index (χ2v) is 14.6. The normalized spacial score (nSPS) is 13.6. The molecule has 0 aliphatic heterocycles. The van der Waals surface area contributed by atoms with Gasteiger partial charge in [-0.05, 0) is 75.6 Å². The summed E-state index contributed by atoms with van der Waals surface area (Å²) < 4.78 is 32.9. The van der Waals surface area contributed by atoms with Crippen LogP contribution in [-0.4, -0.2) is 74.5 Å². The molecule has 0 unspecified atom stereocenters. The van der Waals surface area contributed by atoms with Crippen LogP contribution in [0.5, 0.6) is 0 Å². The highest BCUT2D eigenvalue weighted by molar-refractivity contribution is 7.89. The maximum Gasteiger partial charge on any atom is 0.407 e. The number of carbonyl (C=O) groups excluding carboxylic acids is 4. The average molecular weight is 738 g/mol. The zero-order valence-corrected chi connectivity index (χ0v) is 30.6. The van der Waals surface area contributed by atoms with Crippen LogP contribution < -0.4 is 26.4 Å². The molecule has 3 atom stereocenters. The van der Waals surface area contributed by atoms with Crippen molar-refractivity contribution in [1.29, 1.82) is 0 Å². The van der Waals surface area contributed by atoms with Crippen LogP contribution in [-0.2, 0) is 42.2 Å². The van der Waals surface area contributed by atoms with Crippen molar-refractivity contribution >= 4 is 33.7 Å². The standard InChI is InChI=1S/C38H51N5O8S/c1-28-18-20-33(21-19-28)52(49,50)41-24-12-10-22-38(39,29(2)45)36(47)43-34(25-30-13-5-3-6-14-30)35(46)42-32(26-44)17-9-11-23-40-37(48)51-27-31-15-7-4-8-16-31/h3-8,13-16,18-21,32,34,41,44H,9-12,17,22-27,39H2,1-2H3,(H,40,48)(H,42,46)(H,43,47)/t32-,34-,38-/m0/s1. The van der Waals surface area contributed by atoms with Gasteiger partial charge < -0.3 is 31.5 Å². The predicted octanol–water partition coefficient (Wildman–Crippen LogP) is 3.03. The van der Waals surface area contributed by atoms with Crippen molar-refractivity contribution < 1.29 is 37.4 Å². The van der Waals surface area contributed by atoms with E-state index >= 15 is 0 Å². The number of aliphatic hydroxyl groups is 1. The van der Waals surface area contributed by atoms with E-state index in [4.69, 9.17) is 10.5 Å². The fraction of sp³-hybridized carbons (Fsp3) is 0.421. The fourth-order valence-electron chi connectivity index (χ4n) is 5.32. The van der Waals surface area contributed by atoms with Crippen molar-refractivity contribution in [1.82, 2.24) is 20.7 Å². The summed E-state index contributed by atoms with van der Waals surface area (Å²) in [6.45, 7) is 3.27. The Balaban J connectivity index is 1.53. The van der Waals surface area contributed by atoms with Gasteiger partial charge in [-0.1, -0.05) is 78.4 Å². The lowest BCUT2D eigenvalue weighted by Crippen LogP contribution is -2.63. The van der Waals surface area contributed by atoms with E-state index in [0.717, 1.165) is 16.7 Å². The molecule has 7 N–H and O–H groups in total. The predicted molar refractivity (Wildman–Crippen MR) is 197 cm³/mol. The number of Topliss-reactive ketones (excluding diaryl/α,β-unsaturated/α-hetero) is 1. The van der Waals surface area contributed by atoms with E-state index in [-0.39, 0.29) is 43.9 Å². The van der Waals surface area contributed by atoms with E-state index in [1.165, 1.54) is 19.1 Å². The molecular weight excluding hydrogens is 687 g/mol. The molecule has 0 radical (unpaired) electrons. The Hall–Kier alpha value is -4.63. The molecule has 282 valence electrons. The molecule has 0 fully saturated rings. The van der Waals surface area contributed by atoms with E-state index < -0.39 is 51.3 Å². The van der Waals surface area contributed by atoms with Gasteiger partial charge in [0.25, 0.3) is 0 Å². The van der Waals surface area contributed by atoms with Crippen molar-refractivity contribution in [3.63, 3.8) is 0 Å². The molecule has 3 aromatic rings. The lowest BCUT2D eigenvalue weighted by Gasteiger charge is -2.29. The number of nitrogens with two attached hydrogens (primary N) is 1. The first-order valence-corrected chi connectivity index (χ1v) is 18.9. The second-order valence-electron chi connectivity index (χ2n) is 12.8. The van der Waals surface area contributed by atoms with E-state index in [1.54, 1.807) is 36.4 Å². The lowest BCUT2D eigenvalue weighted by atomic mass is 9.88. The summed E-state index contributed by atoms with van der Waals surface area (Å²) >= 11 is 0. The van der Waals surface area contributed by atoms with E-state index in [0.29, 0.717) is 32.2 Å². The van der Waals surface area contributed by atoms with Crippen LogP contribution in [0.3, 0.4) is 0 Å². The molecule has 0 saturated heterocycles. The summed E-state index contributed by atoms with van der Waals surface area (Å²) in [6.07, 6.45) is 1.57. The topological polar surface area (TPSA) is 206 Å². The molecule has 52 heavy (non-hydrogen) atoms. The third kappa shape index (κ3) is 13.8. The van der Waals surface area contributed by atoms with Gasteiger partial charge in [0.1, 0.15) is 12.6 Å². The molecule has 3 amide bonds. The molecule has 0 heterocycles. The number of aliphatic hydroxyl groups excluding tert-OH is 1. The number of alkyl carbamates (subject to hydrolysis) is 1. The summed E-state index contributed by atoms with van der Waals surface area (Å²) in [4.78, 5) is 52.0. The highest BCUT2D eigenvalue weighted by Gasteiger charge is 2.40. The summed E-state index contributed by atoms with van der Waals surface area (Å²) in [6, 6.07) is 23.0. The molecule has 3 rings (SSSR count). The molecule has 14 heteroatoms. The summed E-state index contributed by atoms with van der Waals surface area (Å²) in [5.74, 6) is -1.99. The summed E-state index contributed by atoms with van der Waals surface area (Å²) in [5, 5.41) is 18.2. The number of rotatable bonds is 22. The minimum absolute atomic E-state index is 0.0712. The van der Waals surface area contributed by atoms with Crippen molar-refractivity contribution in [3.8, 4) is 0 Å². The van der Waals surface area contributed by atoms with Crippen LogP contribution in [0.1, 0.15) is 62.1 Å². The van der Waals surface area contributed by atoms with E-state index in [1.807, 2.05) is 43.3 Å². The second kappa shape index (κ2) is 21.0. The molecule has 0 saturated carbocycles. The van der Waals surface area contributed by atoms with Gasteiger partial charge in [-0.2, -0.15) is 0 Å². The molecule has 0 aromatic heterocycles. The number of sulfonamides is 1. The number of benzene rings is 3. The Morgan fingerprint density at radius 3 is 2.06 bits per heavy atom. The van der Waals surface area contributed by atoms with Gasteiger partial charge in [-0.3, -0.25) is 14.4 Å². The maximum atomic E-state index is 13.6. The van der Waals surface area contributed by atoms with Crippen LogP contribution in [0, 0.1) is 6.92 Å². The Labute approximate surface area is 306 Å². The van der Waals surface area contributed by atoms with Gasteiger partial charge in [0.05, 0.1) is 17.5 Å². The zero-order valence-electron chi connectivity index (χ0n) is 29.8. The van der Waals surface area contributed by atoms with Crippen LogP contribution in [0.4, 0.5) is 4.79 Å². The summed E-state index contributed by atoms with van der Waals surface area (Å²) in [7, 11) is -3.73. The Kier molecular flexibility index (Phi) is 16.9. The number of amides is 3. The fourth-order valence-corrected chi connectivity index (χ4v) is 6.40. The number of hydrogen-bond acceptors (Lipinski definition) is 9. The van der Waals surface area contributed by atoms with Gasteiger partial charge in [-0.25, -0.2) is 17.9 Å². The van der Waals surface area contributed by atoms with E-state index in [9.17, 15) is 32.7 Å². The first kappa shape index (κ1) is 41.8. The van der Waals surface area contributed by atoms with E-state index in [2.05, 4.69) is 20.7 Å². The van der Waals surface area contributed by atoms with Crippen molar-refractivity contribution in [2.45, 2.75) is 87.9 Å². The van der Waals surface area contributed by atoms with Crippen LogP contribution in [0.25, 0.3) is 0 Å². The number of nitrogens with one attached hydrogen (secondary N) is 4. The highest BCUT2D eigenvalue weighted by atomic mass is 32.2. The first-order chi connectivity index (χ1) is 24.8. The average Bonchev–Trinajstić information content (AvgIpc) is 3.13. The van der Waals surface area contributed by atoms with Gasteiger partial charge in [-0.15, -0.1) is 0 Å². The SMILES string of the molecule is CC(=O)[C@@](N)(CCCCNS(=O)(=O)c1ccc(C)cc1)C(=O)N[C@@H](Cc1ccccc1)C(=O)N[C@H](CO)CCCCNC(=O)OCc1ccccc1. The first-order valence-electron chi connectivity index (χ1n) is 17.4. The molecule has 13 nitrogen and oxygen atoms in total. The minimum atomic E-state index is -3.73. The number of carbonyl (C=O) groups is 4. The van der Waals surface area contributed by atoms with Crippen molar-refractivity contribution in [3.05, 3.63) is 102 Å².